The molecule has 4 nitrogen and oxygen atoms in total. The van der Waals surface area contributed by atoms with Crippen LogP contribution in [0.4, 0.5) is 0 Å². The van der Waals surface area contributed by atoms with E-state index in [-0.39, 0.29) is 5.54 Å². The van der Waals surface area contributed by atoms with Gasteiger partial charge < -0.3 is 0 Å². The molecule has 102 valence electrons. The van der Waals surface area contributed by atoms with E-state index in [1.54, 1.807) is 6.08 Å². The summed E-state index contributed by atoms with van der Waals surface area (Å²) in [5.74, 6) is 0. The number of aromatic nitrogens is 2. The van der Waals surface area contributed by atoms with Gasteiger partial charge in [-0.25, -0.2) is 9.48 Å². The molecule has 1 aliphatic rings. The predicted molar refractivity (Wildman–Crippen MR) is 76.6 cm³/mol. The van der Waals surface area contributed by atoms with Crippen LogP contribution in [-0.4, -0.2) is 15.9 Å². The number of aliphatic imine (C=N–C) groups is 1. The molecule has 1 aromatic heterocycles. The Morgan fingerprint density at radius 3 is 2.80 bits per heavy atom. The van der Waals surface area contributed by atoms with Crippen molar-refractivity contribution in [2.45, 2.75) is 38.1 Å². The molecule has 0 aliphatic heterocycles. The topological polar surface area (TPSA) is 47.2 Å². The zero-order valence-corrected chi connectivity index (χ0v) is 11.5. The van der Waals surface area contributed by atoms with Gasteiger partial charge in [-0.3, -0.25) is 0 Å². The largest absolute Gasteiger partial charge is 0.241 e. The van der Waals surface area contributed by atoms with Crippen LogP contribution in [0.5, 0.6) is 0 Å². The first-order valence-electron chi connectivity index (χ1n) is 6.95. The Morgan fingerprint density at radius 2 is 2.15 bits per heavy atom. The summed E-state index contributed by atoms with van der Waals surface area (Å²) in [5.41, 5.74) is 2.84. The molecular weight excluding hydrogens is 250 g/mol. The van der Waals surface area contributed by atoms with E-state index in [1.807, 2.05) is 42.2 Å². The summed E-state index contributed by atoms with van der Waals surface area (Å²) in [6, 6.07) is 8.15. The summed E-state index contributed by atoms with van der Waals surface area (Å²) in [5, 5.41) is 4.33. The van der Waals surface area contributed by atoms with Crippen molar-refractivity contribution in [3.8, 4) is 5.69 Å². The molecule has 2 aromatic rings. The highest BCUT2D eigenvalue weighted by Crippen LogP contribution is 2.42. The van der Waals surface area contributed by atoms with Crippen LogP contribution in [0.1, 0.15) is 36.8 Å². The maximum absolute atomic E-state index is 10.8. The van der Waals surface area contributed by atoms with Crippen LogP contribution >= 0.6 is 0 Å². The SMILES string of the molecule is Cc1cnn(-c2cccc(C3(N=C=O)CCCC3)c2)c1. The standard InChI is InChI=1S/C16H17N3O/c1-13-10-18-19(11-13)15-6-4-5-14(9-15)16(17-12-20)7-2-3-8-16/h4-6,9-11H,2-3,7-8H2,1H3. The molecule has 1 saturated carbocycles. The van der Waals surface area contributed by atoms with Gasteiger partial charge in [0.05, 0.1) is 17.4 Å². The smallest absolute Gasteiger partial charge is 0.235 e. The van der Waals surface area contributed by atoms with Gasteiger partial charge in [0.25, 0.3) is 0 Å². The fraction of sp³-hybridized carbons (Fsp3) is 0.375. The summed E-state index contributed by atoms with van der Waals surface area (Å²) in [4.78, 5) is 14.9. The van der Waals surface area contributed by atoms with E-state index >= 15 is 0 Å². The molecule has 0 spiro atoms. The molecule has 0 N–H and O–H groups in total. The highest BCUT2D eigenvalue weighted by atomic mass is 16.1. The van der Waals surface area contributed by atoms with Crippen LogP contribution in [0, 0.1) is 6.92 Å². The van der Waals surface area contributed by atoms with Crippen LogP contribution in [0.3, 0.4) is 0 Å². The van der Waals surface area contributed by atoms with Crippen molar-refractivity contribution in [3.05, 3.63) is 47.8 Å². The molecule has 1 heterocycles. The van der Waals surface area contributed by atoms with Crippen molar-refractivity contribution in [2.24, 2.45) is 4.99 Å². The van der Waals surface area contributed by atoms with Gasteiger partial charge >= 0.3 is 0 Å². The zero-order valence-electron chi connectivity index (χ0n) is 11.5. The van der Waals surface area contributed by atoms with Crippen LogP contribution in [0.15, 0.2) is 41.7 Å². The van der Waals surface area contributed by atoms with Gasteiger partial charge in [0, 0.05) is 6.20 Å². The molecule has 0 unspecified atom stereocenters. The van der Waals surface area contributed by atoms with E-state index in [0.717, 1.165) is 42.5 Å². The van der Waals surface area contributed by atoms with E-state index in [2.05, 4.69) is 16.2 Å². The van der Waals surface area contributed by atoms with Crippen molar-refractivity contribution in [2.75, 3.05) is 0 Å². The lowest BCUT2D eigenvalue weighted by Crippen LogP contribution is -2.19. The average molecular weight is 267 g/mol. The second-order valence-electron chi connectivity index (χ2n) is 5.45. The Bertz CT molecular complexity index is 662. The minimum atomic E-state index is -0.375. The minimum Gasteiger partial charge on any atom is -0.241 e. The lowest BCUT2D eigenvalue weighted by Gasteiger charge is -2.23. The number of hydrogen-bond acceptors (Lipinski definition) is 3. The maximum atomic E-state index is 10.8. The molecule has 1 fully saturated rings. The minimum absolute atomic E-state index is 0.375. The number of isocyanates is 1. The second kappa shape index (κ2) is 5.06. The Morgan fingerprint density at radius 1 is 1.35 bits per heavy atom. The number of nitrogens with zero attached hydrogens (tertiary/aromatic N) is 3. The fourth-order valence-electron chi connectivity index (χ4n) is 3.00. The van der Waals surface area contributed by atoms with Crippen LogP contribution in [-0.2, 0) is 10.3 Å². The molecule has 20 heavy (non-hydrogen) atoms. The molecule has 0 saturated heterocycles. The van der Waals surface area contributed by atoms with Crippen LogP contribution in [0.2, 0.25) is 0 Å². The molecular formula is C16H17N3O. The number of hydrogen-bond donors (Lipinski definition) is 0. The summed E-state index contributed by atoms with van der Waals surface area (Å²) in [6.45, 7) is 2.02. The molecule has 0 radical (unpaired) electrons. The van der Waals surface area contributed by atoms with Crippen LogP contribution < -0.4 is 0 Å². The molecule has 1 aliphatic carbocycles. The number of carbonyl (C=O) groups excluding carboxylic acids is 1. The highest BCUT2D eigenvalue weighted by Gasteiger charge is 2.35. The monoisotopic (exact) mass is 267 g/mol. The third-order valence-electron chi connectivity index (χ3n) is 4.05. The van der Waals surface area contributed by atoms with Crippen molar-refractivity contribution < 1.29 is 4.79 Å². The van der Waals surface area contributed by atoms with Gasteiger partial charge in [-0.15, -0.1) is 0 Å². The maximum Gasteiger partial charge on any atom is 0.235 e. The van der Waals surface area contributed by atoms with Crippen molar-refractivity contribution in [3.63, 3.8) is 0 Å². The molecule has 0 amide bonds. The Kier molecular flexibility index (Phi) is 3.25. The van der Waals surface area contributed by atoms with E-state index < -0.39 is 0 Å². The van der Waals surface area contributed by atoms with E-state index in [9.17, 15) is 4.79 Å². The molecule has 1 aromatic carbocycles. The Labute approximate surface area is 118 Å². The number of benzene rings is 1. The first-order chi connectivity index (χ1) is 9.73. The number of rotatable bonds is 3. The van der Waals surface area contributed by atoms with E-state index in [4.69, 9.17) is 0 Å². The van der Waals surface area contributed by atoms with Gasteiger partial charge in [-0.05, 0) is 43.0 Å². The van der Waals surface area contributed by atoms with Gasteiger partial charge in [0.2, 0.25) is 6.08 Å². The molecule has 0 bridgehead atoms. The molecule has 0 atom stereocenters. The van der Waals surface area contributed by atoms with Gasteiger partial charge in [0.1, 0.15) is 0 Å². The van der Waals surface area contributed by atoms with Crippen molar-refractivity contribution in [1.82, 2.24) is 9.78 Å². The van der Waals surface area contributed by atoms with E-state index in [1.165, 1.54) is 0 Å². The third kappa shape index (κ3) is 2.19. The summed E-state index contributed by atoms with van der Waals surface area (Å²) in [7, 11) is 0. The summed E-state index contributed by atoms with van der Waals surface area (Å²) >= 11 is 0. The zero-order chi connectivity index (χ0) is 14.0. The van der Waals surface area contributed by atoms with Crippen LogP contribution in [0.25, 0.3) is 5.69 Å². The van der Waals surface area contributed by atoms with Gasteiger partial charge in [-0.2, -0.15) is 10.1 Å². The van der Waals surface area contributed by atoms with Crippen molar-refractivity contribution in [1.29, 1.82) is 0 Å². The normalized spacial score (nSPS) is 16.9. The third-order valence-corrected chi connectivity index (χ3v) is 4.05. The molecule has 3 rings (SSSR count). The Hall–Kier alpha value is -2.19. The molecule has 4 heteroatoms. The highest BCUT2D eigenvalue weighted by molar-refractivity contribution is 5.43. The predicted octanol–water partition coefficient (Wildman–Crippen LogP) is 3.29. The Balaban J connectivity index is 2.04. The van der Waals surface area contributed by atoms with Gasteiger partial charge in [0.15, 0.2) is 0 Å². The summed E-state index contributed by atoms with van der Waals surface area (Å²) in [6.07, 6.45) is 9.65. The van der Waals surface area contributed by atoms with Gasteiger partial charge in [-0.1, -0.05) is 25.0 Å². The fourth-order valence-corrected chi connectivity index (χ4v) is 3.00. The summed E-state index contributed by atoms with van der Waals surface area (Å²) < 4.78 is 1.85. The van der Waals surface area contributed by atoms with Crippen molar-refractivity contribution >= 4 is 6.08 Å². The second-order valence-corrected chi connectivity index (χ2v) is 5.45. The average Bonchev–Trinajstić information content (AvgIpc) is 3.09. The first-order valence-corrected chi connectivity index (χ1v) is 6.95. The first kappa shape index (κ1) is 12.8. The van der Waals surface area contributed by atoms with E-state index in [0.29, 0.717) is 0 Å². The number of aryl methyl sites for hydroxylation is 1. The lowest BCUT2D eigenvalue weighted by molar-refractivity contribution is 0.455. The lowest BCUT2D eigenvalue weighted by atomic mass is 9.89. The quantitative estimate of drug-likeness (QED) is 0.633.